The van der Waals surface area contributed by atoms with Gasteiger partial charge in [0.15, 0.2) is 0 Å². The summed E-state index contributed by atoms with van der Waals surface area (Å²) in [6, 6.07) is 0.683. The van der Waals surface area contributed by atoms with Crippen LogP contribution in [0.5, 0.6) is 0 Å². The smallest absolute Gasteiger partial charge is 0.0728 e. The van der Waals surface area contributed by atoms with Crippen LogP contribution in [0, 0.1) is 0 Å². The molecule has 2 heteroatoms. The number of fused-ring (bicyclic) bond motifs is 1. The van der Waals surface area contributed by atoms with Crippen LogP contribution in [-0.2, 0) is 4.74 Å². The van der Waals surface area contributed by atoms with Gasteiger partial charge in [0.1, 0.15) is 0 Å². The Hall–Kier alpha value is -0.0800. The Kier molecular flexibility index (Phi) is 4.62. The second-order valence-corrected chi connectivity index (χ2v) is 3.25. The molecule has 2 nitrogen and oxygen atoms in total. The first-order chi connectivity index (χ1) is 5.97. The van der Waals surface area contributed by atoms with E-state index in [0.717, 1.165) is 6.61 Å². The third-order valence-electron chi connectivity index (χ3n) is 2.51. The minimum absolute atomic E-state index is 0.544. The first kappa shape index (κ1) is 10.0. The van der Waals surface area contributed by atoms with Crippen molar-refractivity contribution in [1.82, 2.24) is 5.32 Å². The highest BCUT2D eigenvalue weighted by atomic mass is 16.5. The fourth-order valence-corrected chi connectivity index (χ4v) is 1.95. The molecule has 0 aromatic rings. The van der Waals surface area contributed by atoms with Gasteiger partial charge in [-0.25, -0.2) is 0 Å². The number of nitrogens with one attached hydrogen (secondary N) is 1. The van der Waals surface area contributed by atoms with Crippen LogP contribution in [0.25, 0.3) is 0 Å². The van der Waals surface area contributed by atoms with Crippen molar-refractivity contribution >= 4 is 0 Å². The molecule has 2 aliphatic heterocycles. The SMILES string of the molecule is C1COC2CCCNC2C1.CC. The van der Waals surface area contributed by atoms with Crippen LogP contribution in [0.1, 0.15) is 39.5 Å². The highest BCUT2D eigenvalue weighted by molar-refractivity contribution is 4.84. The molecular weight excluding hydrogens is 150 g/mol. The molecule has 2 saturated heterocycles. The van der Waals surface area contributed by atoms with Gasteiger partial charge < -0.3 is 10.1 Å². The first-order valence-electron chi connectivity index (χ1n) is 5.32. The molecule has 0 aromatic carbocycles. The summed E-state index contributed by atoms with van der Waals surface area (Å²) in [5.74, 6) is 0. The van der Waals surface area contributed by atoms with Gasteiger partial charge in [-0.05, 0) is 32.2 Å². The van der Waals surface area contributed by atoms with Crippen LogP contribution in [0.2, 0.25) is 0 Å². The van der Waals surface area contributed by atoms with E-state index in [1.54, 1.807) is 0 Å². The van der Waals surface area contributed by atoms with Crippen LogP contribution < -0.4 is 5.32 Å². The predicted molar refractivity (Wildman–Crippen MR) is 51.3 cm³/mol. The van der Waals surface area contributed by atoms with Gasteiger partial charge >= 0.3 is 0 Å². The Bertz CT molecular complexity index is 90.4. The van der Waals surface area contributed by atoms with Crippen LogP contribution >= 0.6 is 0 Å². The summed E-state index contributed by atoms with van der Waals surface area (Å²) in [4.78, 5) is 0. The Morgan fingerprint density at radius 3 is 2.75 bits per heavy atom. The molecule has 0 radical (unpaired) electrons. The van der Waals surface area contributed by atoms with Crippen molar-refractivity contribution in [1.29, 1.82) is 0 Å². The second kappa shape index (κ2) is 5.55. The number of ether oxygens (including phenoxy) is 1. The number of hydrogen-bond donors (Lipinski definition) is 1. The lowest BCUT2D eigenvalue weighted by Gasteiger charge is -2.36. The molecular formula is C10H21NO. The highest BCUT2D eigenvalue weighted by Gasteiger charge is 2.27. The van der Waals surface area contributed by atoms with Crippen molar-refractivity contribution in [3.63, 3.8) is 0 Å². The van der Waals surface area contributed by atoms with E-state index >= 15 is 0 Å². The molecule has 2 heterocycles. The van der Waals surface area contributed by atoms with Crippen molar-refractivity contribution in [3.8, 4) is 0 Å². The molecule has 2 fully saturated rings. The van der Waals surface area contributed by atoms with Gasteiger partial charge in [-0.15, -0.1) is 0 Å². The van der Waals surface area contributed by atoms with E-state index in [1.165, 1.54) is 32.2 Å². The lowest BCUT2D eigenvalue weighted by atomic mass is 9.95. The van der Waals surface area contributed by atoms with Gasteiger partial charge in [0, 0.05) is 12.6 Å². The van der Waals surface area contributed by atoms with Crippen molar-refractivity contribution in [3.05, 3.63) is 0 Å². The molecule has 0 aliphatic carbocycles. The third-order valence-corrected chi connectivity index (χ3v) is 2.51. The molecule has 12 heavy (non-hydrogen) atoms. The third kappa shape index (κ3) is 2.46. The summed E-state index contributed by atoms with van der Waals surface area (Å²) in [7, 11) is 0. The summed E-state index contributed by atoms with van der Waals surface area (Å²) < 4.78 is 5.62. The molecule has 0 bridgehead atoms. The minimum Gasteiger partial charge on any atom is -0.377 e. The van der Waals surface area contributed by atoms with Crippen molar-refractivity contribution in [2.24, 2.45) is 0 Å². The lowest BCUT2D eigenvalue weighted by molar-refractivity contribution is -0.0254. The summed E-state index contributed by atoms with van der Waals surface area (Å²) in [6.45, 7) is 6.19. The second-order valence-electron chi connectivity index (χ2n) is 3.25. The first-order valence-corrected chi connectivity index (χ1v) is 5.32. The molecule has 2 aliphatic rings. The van der Waals surface area contributed by atoms with E-state index in [4.69, 9.17) is 4.74 Å². The van der Waals surface area contributed by atoms with Crippen LogP contribution in [0.3, 0.4) is 0 Å². The van der Waals surface area contributed by atoms with E-state index in [2.05, 4.69) is 5.32 Å². The summed E-state index contributed by atoms with van der Waals surface area (Å²) in [5.41, 5.74) is 0. The Morgan fingerprint density at radius 2 is 2.00 bits per heavy atom. The highest BCUT2D eigenvalue weighted by Crippen LogP contribution is 2.20. The Balaban J connectivity index is 0.000000336. The summed E-state index contributed by atoms with van der Waals surface area (Å²) in [5, 5.41) is 3.50. The molecule has 2 unspecified atom stereocenters. The van der Waals surface area contributed by atoms with Gasteiger partial charge in [0.25, 0.3) is 0 Å². The van der Waals surface area contributed by atoms with Crippen molar-refractivity contribution in [2.75, 3.05) is 13.2 Å². The Morgan fingerprint density at radius 1 is 1.17 bits per heavy atom. The predicted octanol–water partition coefficient (Wildman–Crippen LogP) is 1.94. The fraction of sp³-hybridized carbons (Fsp3) is 1.00. The largest absolute Gasteiger partial charge is 0.377 e. The van der Waals surface area contributed by atoms with E-state index in [0.29, 0.717) is 12.1 Å². The standard InChI is InChI=1S/C8H15NO.C2H6/c1-4-8-7(9-5-1)3-2-6-10-8;1-2/h7-9H,1-6H2;1-2H3. The molecule has 0 saturated carbocycles. The molecule has 0 aromatic heterocycles. The average Bonchev–Trinajstić information content (AvgIpc) is 2.21. The van der Waals surface area contributed by atoms with Gasteiger partial charge in [0.2, 0.25) is 0 Å². The monoisotopic (exact) mass is 171 g/mol. The molecule has 2 rings (SSSR count). The topological polar surface area (TPSA) is 21.3 Å². The molecule has 0 spiro atoms. The lowest BCUT2D eigenvalue weighted by Crippen LogP contribution is -2.48. The number of rotatable bonds is 0. The van der Waals surface area contributed by atoms with E-state index in [1.807, 2.05) is 13.8 Å². The maximum atomic E-state index is 5.62. The van der Waals surface area contributed by atoms with Gasteiger partial charge in [0.05, 0.1) is 6.10 Å². The summed E-state index contributed by atoms with van der Waals surface area (Å²) >= 11 is 0. The quantitative estimate of drug-likeness (QED) is 0.601. The van der Waals surface area contributed by atoms with Gasteiger partial charge in [-0.3, -0.25) is 0 Å². The van der Waals surface area contributed by atoms with Crippen LogP contribution in [0.15, 0.2) is 0 Å². The maximum Gasteiger partial charge on any atom is 0.0728 e. The Labute approximate surface area is 75.7 Å². The zero-order chi connectivity index (χ0) is 8.81. The zero-order valence-electron chi connectivity index (χ0n) is 8.31. The van der Waals surface area contributed by atoms with Crippen molar-refractivity contribution in [2.45, 2.75) is 51.7 Å². The normalized spacial score (nSPS) is 34.5. The fourth-order valence-electron chi connectivity index (χ4n) is 1.95. The molecule has 2 atom stereocenters. The van der Waals surface area contributed by atoms with Crippen molar-refractivity contribution < 1.29 is 4.74 Å². The molecule has 0 amide bonds. The number of hydrogen-bond acceptors (Lipinski definition) is 2. The van der Waals surface area contributed by atoms with E-state index in [-0.39, 0.29) is 0 Å². The zero-order valence-corrected chi connectivity index (χ0v) is 8.31. The molecule has 1 N–H and O–H groups in total. The van der Waals surface area contributed by atoms with Crippen LogP contribution in [0.4, 0.5) is 0 Å². The van der Waals surface area contributed by atoms with Gasteiger partial charge in [-0.1, -0.05) is 13.8 Å². The van der Waals surface area contributed by atoms with Gasteiger partial charge in [-0.2, -0.15) is 0 Å². The van der Waals surface area contributed by atoms with E-state index < -0.39 is 0 Å². The molecule has 72 valence electrons. The number of piperidine rings is 1. The maximum absolute atomic E-state index is 5.62. The van der Waals surface area contributed by atoms with Crippen LogP contribution in [-0.4, -0.2) is 25.3 Å². The van der Waals surface area contributed by atoms with E-state index in [9.17, 15) is 0 Å². The summed E-state index contributed by atoms with van der Waals surface area (Å²) in [6.07, 6.45) is 5.68. The average molecular weight is 171 g/mol. The minimum atomic E-state index is 0.544.